The molecule has 0 amide bonds. The summed E-state index contributed by atoms with van der Waals surface area (Å²) in [4.78, 5) is 13.4. The second-order valence-corrected chi connectivity index (χ2v) is 3.42. The van der Waals surface area contributed by atoms with E-state index < -0.39 is 0 Å². The molecule has 0 aliphatic rings. The second-order valence-electron chi connectivity index (χ2n) is 2.58. The molecule has 12 heavy (non-hydrogen) atoms. The fourth-order valence-electron chi connectivity index (χ4n) is 0.755. The SMILES string of the molecule is C=CC(C)NCc1csc(=O)[nH]1. The van der Waals surface area contributed by atoms with Crippen LogP contribution in [0.4, 0.5) is 0 Å². The number of thiazole rings is 1. The first kappa shape index (κ1) is 9.22. The Morgan fingerprint density at radius 3 is 3.17 bits per heavy atom. The van der Waals surface area contributed by atoms with Crippen molar-refractivity contribution >= 4 is 11.3 Å². The molecule has 0 aliphatic heterocycles. The van der Waals surface area contributed by atoms with Crippen molar-refractivity contribution in [2.75, 3.05) is 0 Å². The van der Waals surface area contributed by atoms with Gasteiger partial charge in [0.2, 0.25) is 0 Å². The molecule has 0 aliphatic carbocycles. The highest BCUT2D eigenvalue weighted by Crippen LogP contribution is 1.95. The molecule has 0 saturated heterocycles. The Kier molecular flexibility index (Phi) is 3.25. The molecule has 4 heteroatoms. The Morgan fingerprint density at radius 1 is 1.92 bits per heavy atom. The van der Waals surface area contributed by atoms with Crippen molar-refractivity contribution in [1.82, 2.24) is 10.3 Å². The van der Waals surface area contributed by atoms with Crippen molar-refractivity contribution in [3.63, 3.8) is 0 Å². The third-order valence-corrected chi connectivity index (χ3v) is 2.26. The van der Waals surface area contributed by atoms with Crippen molar-refractivity contribution in [2.24, 2.45) is 0 Å². The zero-order valence-corrected chi connectivity index (χ0v) is 7.78. The fraction of sp³-hybridized carbons (Fsp3) is 0.375. The lowest BCUT2D eigenvalue weighted by molar-refractivity contribution is 0.626. The number of aromatic nitrogens is 1. The van der Waals surface area contributed by atoms with Crippen LogP contribution < -0.4 is 10.2 Å². The largest absolute Gasteiger partial charge is 0.315 e. The summed E-state index contributed by atoms with van der Waals surface area (Å²) in [6.07, 6.45) is 1.82. The molecule has 1 aromatic rings. The molecule has 1 aromatic heterocycles. The van der Waals surface area contributed by atoms with E-state index in [1.807, 2.05) is 18.4 Å². The maximum Gasteiger partial charge on any atom is 0.304 e. The van der Waals surface area contributed by atoms with Gasteiger partial charge >= 0.3 is 4.87 Å². The normalized spacial score (nSPS) is 12.8. The van der Waals surface area contributed by atoms with E-state index in [1.54, 1.807) is 0 Å². The van der Waals surface area contributed by atoms with Gasteiger partial charge in [-0.25, -0.2) is 0 Å². The van der Waals surface area contributed by atoms with Crippen LogP contribution in [0.25, 0.3) is 0 Å². The van der Waals surface area contributed by atoms with Gasteiger partial charge in [-0.1, -0.05) is 17.4 Å². The molecule has 3 nitrogen and oxygen atoms in total. The molecule has 0 bridgehead atoms. The van der Waals surface area contributed by atoms with Crippen molar-refractivity contribution in [1.29, 1.82) is 0 Å². The Bertz CT molecular complexity index is 302. The van der Waals surface area contributed by atoms with Gasteiger partial charge in [-0.3, -0.25) is 4.79 Å². The minimum atomic E-state index is -0.00180. The lowest BCUT2D eigenvalue weighted by atomic mass is 10.3. The van der Waals surface area contributed by atoms with Crippen LogP contribution in [-0.2, 0) is 6.54 Å². The van der Waals surface area contributed by atoms with Gasteiger partial charge in [0, 0.05) is 23.7 Å². The van der Waals surface area contributed by atoms with Gasteiger partial charge in [0.1, 0.15) is 0 Å². The highest BCUT2D eigenvalue weighted by Gasteiger charge is 1.97. The molecule has 1 atom stereocenters. The summed E-state index contributed by atoms with van der Waals surface area (Å²) in [7, 11) is 0. The van der Waals surface area contributed by atoms with Crippen LogP contribution in [0, 0.1) is 0 Å². The van der Waals surface area contributed by atoms with Gasteiger partial charge in [0.15, 0.2) is 0 Å². The quantitative estimate of drug-likeness (QED) is 0.688. The third-order valence-electron chi connectivity index (χ3n) is 1.54. The summed E-state index contributed by atoms with van der Waals surface area (Å²) in [6.45, 7) is 6.34. The van der Waals surface area contributed by atoms with Crippen LogP contribution in [0.15, 0.2) is 22.8 Å². The molecule has 66 valence electrons. The minimum Gasteiger partial charge on any atom is -0.315 e. The molecular weight excluding hydrogens is 172 g/mol. The van der Waals surface area contributed by atoms with Gasteiger partial charge in [0.05, 0.1) is 0 Å². The van der Waals surface area contributed by atoms with Crippen LogP contribution in [0.2, 0.25) is 0 Å². The number of nitrogens with one attached hydrogen (secondary N) is 2. The Balaban J connectivity index is 2.43. The van der Waals surface area contributed by atoms with Gasteiger partial charge in [0.25, 0.3) is 0 Å². The summed E-state index contributed by atoms with van der Waals surface area (Å²) in [5.74, 6) is 0. The van der Waals surface area contributed by atoms with E-state index in [9.17, 15) is 4.79 Å². The zero-order chi connectivity index (χ0) is 8.97. The summed E-state index contributed by atoms with van der Waals surface area (Å²) >= 11 is 1.19. The number of rotatable bonds is 4. The second kappa shape index (κ2) is 4.23. The number of aromatic amines is 1. The Morgan fingerprint density at radius 2 is 2.67 bits per heavy atom. The van der Waals surface area contributed by atoms with Gasteiger partial charge < -0.3 is 10.3 Å². The third kappa shape index (κ3) is 2.64. The molecule has 2 N–H and O–H groups in total. The molecule has 0 saturated carbocycles. The maximum absolute atomic E-state index is 10.7. The summed E-state index contributed by atoms with van der Waals surface area (Å²) in [5.41, 5.74) is 0.929. The van der Waals surface area contributed by atoms with E-state index >= 15 is 0 Å². The fourth-order valence-corrected chi connectivity index (χ4v) is 1.34. The number of hydrogen-bond donors (Lipinski definition) is 2. The van der Waals surface area contributed by atoms with Crippen LogP contribution in [0.5, 0.6) is 0 Å². The van der Waals surface area contributed by atoms with E-state index in [-0.39, 0.29) is 10.9 Å². The van der Waals surface area contributed by atoms with Crippen LogP contribution >= 0.6 is 11.3 Å². The highest BCUT2D eigenvalue weighted by atomic mass is 32.1. The molecule has 0 fully saturated rings. The first-order valence-corrected chi connectivity index (χ1v) is 4.63. The van der Waals surface area contributed by atoms with Crippen molar-refractivity contribution in [3.05, 3.63) is 33.4 Å². The van der Waals surface area contributed by atoms with Crippen molar-refractivity contribution < 1.29 is 0 Å². The van der Waals surface area contributed by atoms with Gasteiger partial charge in [-0.15, -0.1) is 6.58 Å². The molecule has 1 rings (SSSR count). The predicted octanol–water partition coefficient (Wildman–Crippen LogP) is 1.10. The average Bonchev–Trinajstić information content (AvgIpc) is 2.47. The van der Waals surface area contributed by atoms with Crippen molar-refractivity contribution in [2.45, 2.75) is 19.5 Å². The lowest BCUT2D eigenvalue weighted by Gasteiger charge is -2.06. The van der Waals surface area contributed by atoms with Crippen LogP contribution in [0.3, 0.4) is 0 Å². The van der Waals surface area contributed by atoms with E-state index in [2.05, 4.69) is 16.9 Å². The smallest absolute Gasteiger partial charge is 0.304 e. The first-order chi connectivity index (χ1) is 5.72. The summed E-state index contributed by atoms with van der Waals surface area (Å²) in [5, 5.41) is 5.00. The molecule has 0 radical (unpaired) electrons. The monoisotopic (exact) mass is 184 g/mol. The Labute approximate surface area is 75.1 Å². The highest BCUT2D eigenvalue weighted by molar-refractivity contribution is 7.07. The van der Waals surface area contributed by atoms with E-state index in [0.717, 1.165) is 5.69 Å². The molecule has 0 aromatic carbocycles. The maximum atomic E-state index is 10.7. The molecular formula is C8H12N2OS. The van der Waals surface area contributed by atoms with E-state index in [0.29, 0.717) is 6.54 Å². The minimum absolute atomic E-state index is 0.00180. The average molecular weight is 184 g/mol. The first-order valence-electron chi connectivity index (χ1n) is 3.75. The van der Waals surface area contributed by atoms with Gasteiger partial charge in [-0.2, -0.15) is 0 Å². The van der Waals surface area contributed by atoms with Crippen LogP contribution in [-0.4, -0.2) is 11.0 Å². The molecule has 1 heterocycles. The summed E-state index contributed by atoms with van der Waals surface area (Å²) < 4.78 is 0. The van der Waals surface area contributed by atoms with Crippen LogP contribution in [0.1, 0.15) is 12.6 Å². The molecule has 1 unspecified atom stereocenters. The number of H-pyrrole nitrogens is 1. The summed E-state index contributed by atoms with van der Waals surface area (Å²) in [6, 6.07) is 0.272. The number of hydrogen-bond acceptors (Lipinski definition) is 3. The standard InChI is InChI=1S/C8H12N2OS/c1-3-6(2)9-4-7-5-12-8(11)10-7/h3,5-6,9H,1,4H2,2H3,(H,10,11). The predicted molar refractivity (Wildman–Crippen MR) is 51.4 cm³/mol. The van der Waals surface area contributed by atoms with Gasteiger partial charge in [-0.05, 0) is 6.92 Å². The topological polar surface area (TPSA) is 44.9 Å². The van der Waals surface area contributed by atoms with Crippen molar-refractivity contribution in [3.8, 4) is 0 Å². The Hall–Kier alpha value is -0.870. The zero-order valence-electron chi connectivity index (χ0n) is 6.96. The van der Waals surface area contributed by atoms with E-state index in [4.69, 9.17) is 0 Å². The lowest BCUT2D eigenvalue weighted by Crippen LogP contribution is -2.23. The molecule has 0 spiro atoms. The van der Waals surface area contributed by atoms with E-state index in [1.165, 1.54) is 11.3 Å².